The summed E-state index contributed by atoms with van der Waals surface area (Å²) in [6, 6.07) is 22.7. The van der Waals surface area contributed by atoms with Gasteiger partial charge in [0.15, 0.2) is 0 Å². The Morgan fingerprint density at radius 2 is 1.65 bits per heavy atom. The number of hydrogen-bond acceptors (Lipinski definition) is 3. The molecule has 0 aliphatic carbocycles. The van der Waals surface area contributed by atoms with Gasteiger partial charge in [-0.25, -0.2) is 0 Å². The summed E-state index contributed by atoms with van der Waals surface area (Å²) in [5.41, 5.74) is 3.65. The van der Waals surface area contributed by atoms with Crippen LogP contribution in [-0.4, -0.2) is 24.5 Å². The van der Waals surface area contributed by atoms with Crippen LogP contribution in [-0.2, 0) is 6.54 Å². The van der Waals surface area contributed by atoms with Crippen molar-refractivity contribution >= 4 is 61.9 Å². The van der Waals surface area contributed by atoms with Gasteiger partial charge in [0, 0.05) is 40.9 Å². The third-order valence-electron chi connectivity index (χ3n) is 5.89. The van der Waals surface area contributed by atoms with Crippen LogP contribution in [0.1, 0.15) is 17.2 Å². The topological polar surface area (TPSA) is 6.48 Å². The number of fused-ring (bicyclic) bond motifs is 1. The highest BCUT2D eigenvalue weighted by Gasteiger charge is 2.30. The van der Waals surface area contributed by atoms with Gasteiger partial charge < -0.3 is 4.90 Å². The quantitative estimate of drug-likeness (QED) is 0.288. The Kier molecular flexibility index (Phi) is 6.14. The predicted octanol–water partition coefficient (Wildman–Crippen LogP) is 7.93. The van der Waals surface area contributed by atoms with Gasteiger partial charge in [-0.3, -0.25) is 4.90 Å². The number of piperazine rings is 1. The Labute approximate surface area is 201 Å². The average molecular weight is 488 g/mol. The molecule has 1 saturated heterocycles. The molecule has 1 aromatic heterocycles. The van der Waals surface area contributed by atoms with Gasteiger partial charge in [-0.2, -0.15) is 0 Å². The Balaban J connectivity index is 1.45. The number of anilines is 1. The number of hydrogen-bond donors (Lipinski definition) is 0. The van der Waals surface area contributed by atoms with E-state index in [0.29, 0.717) is 10.0 Å². The maximum absolute atomic E-state index is 6.60. The fraction of sp³-hybridized carbons (Fsp3) is 0.200. The summed E-state index contributed by atoms with van der Waals surface area (Å²) >= 11 is 20.7. The Morgan fingerprint density at radius 1 is 0.871 bits per heavy atom. The lowest BCUT2D eigenvalue weighted by Crippen LogP contribution is -2.48. The molecule has 0 bridgehead atoms. The van der Waals surface area contributed by atoms with Crippen LogP contribution in [0.5, 0.6) is 0 Å². The van der Waals surface area contributed by atoms with Crippen molar-refractivity contribution in [3.63, 3.8) is 0 Å². The molecule has 1 fully saturated rings. The van der Waals surface area contributed by atoms with Gasteiger partial charge in [0.05, 0.1) is 16.8 Å². The van der Waals surface area contributed by atoms with E-state index in [0.717, 1.165) is 36.9 Å². The minimum atomic E-state index is 0.176. The molecule has 4 aromatic rings. The first-order valence-electron chi connectivity index (χ1n) is 10.2. The van der Waals surface area contributed by atoms with Crippen LogP contribution in [0.15, 0.2) is 72.1 Å². The molecule has 1 atom stereocenters. The first kappa shape index (κ1) is 21.1. The van der Waals surface area contributed by atoms with Crippen LogP contribution >= 0.6 is 46.1 Å². The first-order valence-corrected chi connectivity index (χ1v) is 12.2. The van der Waals surface area contributed by atoms with Crippen molar-refractivity contribution < 1.29 is 0 Å². The second kappa shape index (κ2) is 9.01. The molecule has 0 amide bonds. The fourth-order valence-electron chi connectivity index (χ4n) is 4.35. The summed E-state index contributed by atoms with van der Waals surface area (Å²) < 4.78 is 1.35. The average Bonchev–Trinajstić information content (AvgIpc) is 3.18. The monoisotopic (exact) mass is 486 g/mol. The number of halogens is 3. The number of benzene rings is 3. The fourth-order valence-corrected chi connectivity index (χ4v) is 5.95. The molecule has 1 aliphatic heterocycles. The molecule has 6 heteroatoms. The lowest BCUT2D eigenvalue weighted by atomic mass is 10.0. The van der Waals surface area contributed by atoms with Gasteiger partial charge in [-0.15, -0.1) is 11.3 Å². The van der Waals surface area contributed by atoms with Crippen LogP contribution in [0.4, 0.5) is 5.69 Å². The third-order valence-corrected chi connectivity index (χ3v) is 7.70. The van der Waals surface area contributed by atoms with E-state index in [1.807, 2.05) is 41.7 Å². The van der Waals surface area contributed by atoms with Crippen molar-refractivity contribution in [3.05, 3.63) is 98.3 Å². The Hall–Kier alpha value is -1.75. The van der Waals surface area contributed by atoms with Crippen LogP contribution in [0.3, 0.4) is 0 Å². The van der Waals surface area contributed by atoms with E-state index in [-0.39, 0.29) is 6.04 Å². The van der Waals surface area contributed by atoms with Gasteiger partial charge in [0.25, 0.3) is 0 Å². The van der Waals surface area contributed by atoms with E-state index in [9.17, 15) is 0 Å². The van der Waals surface area contributed by atoms with Crippen molar-refractivity contribution in [2.45, 2.75) is 12.6 Å². The van der Waals surface area contributed by atoms with E-state index in [2.05, 4.69) is 51.6 Å². The standard InChI is InChI=1S/C25H21Cl3N2S/c26-19-7-5-17(6-8-19)24-15-29(14-18-16-31-25-4-2-1-3-21(18)25)11-12-30(24)23-10-9-20(27)13-22(23)28/h1-10,13,16,24H,11-12,14-15H2. The normalized spacial score (nSPS) is 17.4. The largest absolute Gasteiger partial charge is 0.361 e. The minimum absolute atomic E-state index is 0.176. The molecule has 1 unspecified atom stereocenters. The zero-order valence-electron chi connectivity index (χ0n) is 16.8. The summed E-state index contributed by atoms with van der Waals surface area (Å²) in [4.78, 5) is 4.93. The van der Waals surface area contributed by atoms with Crippen molar-refractivity contribution in [1.82, 2.24) is 4.90 Å². The molecule has 31 heavy (non-hydrogen) atoms. The highest BCUT2D eigenvalue weighted by Crippen LogP contribution is 2.37. The van der Waals surface area contributed by atoms with Crippen LogP contribution < -0.4 is 4.90 Å². The van der Waals surface area contributed by atoms with Crippen LogP contribution in [0.25, 0.3) is 10.1 Å². The molecule has 1 aliphatic rings. The SMILES string of the molecule is Clc1ccc(C2CN(Cc3csc4ccccc34)CCN2c2ccc(Cl)cc2Cl)cc1. The van der Waals surface area contributed by atoms with Crippen molar-refractivity contribution in [3.8, 4) is 0 Å². The Bertz CT molecular complexity index is 1210. The molecular weight excluding hydrogens is 467 g/mol. The molecule has 2 nitrogen and oxygen atoms in total. The molecule has 0 radical (unpaired) electrons. The van der Waals surface area contributed by atoms with Crippen LogP contribution in [0, 0.1) is 0 Å². The molecule has 2 heterocycles. The lowest BCUT2D eigenvalue weighted by molar-refractivity contribution is 0.216. The number of thiophene rings is 1. The molecule has 5 rings (SSSR count). The second-order valence-electron chi connectivity index (χ2n) is 7.85. The van der Waals surface area contributed by atoms with E-state index < -0.39 is 0 Å². The molecule has 0 saturated carbocycles. The molecule has 0 spiro atoms. The van der Waals surface area contributed by atoms with Gasteiger partial charge in [-0.05, 0) is 58.3 Å². The summed E-state index contributed by atoms with van der Waals surface area (Å²) in [6.45, 7) is 3.70. The summed E-state index contributed by atoms with van der Waals surface area (Å²) in [5, 5.41) is 5.74. The minimum Gasteiger partial charge on any atom is -0.361 e. The van der Waals surface area contributed by atoms with E-state index >= 15 is 0 Å². The number of rotatable bonds is 4. The van der Waals surface area contributed by atoms with Gasteiger partial charge in [0.2, 0.25) is 0 Å². The summed E-state index contributed by atoms with van der Waals surface area (Å²) in [6.07, 6.45) is 0. The van der Waals surface area contributed by atoms with Gasteiger partial charge in [0.1, 0.15) is 0 Å². The van der Waals surface area contributed by atoms with E-state index in [4.69, 9.17) is 34.8 Å². The smallest absolute Gasteiger partial charge is 0.0670 e. The second-order valence-corrected chi connectivity index (χ2v) is 10.0. The predicted molar refractivity (Wildman–Crippen MR) is 135 cm³/mol. The highest BCUT2D eigenvalue weighted by atomic mass is 35.5. The summed E-state index contributed by atoms with van der Waals surface area (Å²) in [7, 11) is 0. The number of nitrogens with zero attached hydrogens (tertiary/aromatic N) is 2. The van der Waals surface area contributed by atoms with Crippen LogP contribution in [0.2, 0.25) is 15.1 Å². The molecule has 158 valence electrons. The summed E-state index contributed by atoms with van der Waals surface area (Å²) in [5.74, 6) is 0. The van der Waals surface area contributed by atoms with Gasteiger partial charge >= 0.3 is 0 Å². The first-order chi connectivity index (χ1) is 15.1. The lowest BCUT2D eigenvalue weighted by Gasteiger charge is -2.43. The van der Waals surface area contributed by atoms with Crippen molar-refractivity contribution in [1.29, 1.82) is 0 Å². The van der Waals surface area contributed by atoms with Crippen molar-refractivity contribution in [2.24, 2.45) is 0 Å². The van der Waals surface area contributed by atoms with E-state index in [1.165, 1.54) is 21.2 Å². The maximum atomic E-state index is 6.60. The third kappa shape index (κ3) is 4.44. The van der Waals surface area contributed by atoms with Gasteiger partial charge in [-0.1, -0.05) is 65.1 Å². The zero-order valence-corrected chi connectivity index (χ0v) is 19.9. The van der Waals surface area contributed by atoms with E-state index in [1.54, 1.807) is 0 Å². The van der Waals surface area contributed by atoms with Crippen molar-refractivity contribution in [2.75, 3.05) is 24.5 Å². The molecule has 0 N–H and O–H groups in total. The molecule has 3 aromatic carbocycles. The highest BCUT2D eigenvalue weighted by molar-refractivity contribution is 7.17. The maximum Gasteiger partial charge on any atom is 0.0670 e. The molecular formula is C25H21Cl3N2S. The Morgan fingerprint density at radius 3 is 2.45 bits per heavy atom. The zero-order chi connectivity index (χ0) is 21.4.